The van der Waals surface area contributed by atoms with Gasteiger partial charge in [-0.3, -0.25) is 4.79 Å². The van der Waals surface area contributed by atoms with Crippen LogP contribution in [0.1, 0.15) is 13.8 Å². The van der Waals surface area contributed by atoms with Gasteiger partial charge < -0.3 is 4.90 Å². The van der Waals surface area contributed by atoms with Crippen LogP contribution in [0.2, 0.25) is 0 Å². The molecule has 0 atom stereocenters. The van der Waals surface area contributed by atoms with Crippen LogP contribution in [-0.4, -0.2) is 45.1 Å². The zero-order valence-electron chi connectivity index (χ0n) is 8.20. The Hall–Kier alpha value is -0.620. The van der Waals surface area contributed by atoms with E-state index in [0.717, 1.165) is 6.26 Å². The fourth-order valence-electron chi connectivity index (χ4n) is 0.881. The fraction of sp³-hybridized carbons (Fsp3) is 0.857. The highest BCUT2D eigenvalue weighted by Crippen LogP contribution is 1.87. The second-order valence-electron chi connectivity index (χ2n) is 2.66. The number of amides is 1. The van der Waals surface area contributed by atoms with Crippen LogP contribution in [0.5, 0.6) is 0 Å². The lowest BCUT2D eigenvalue weighted by molar-refractivity contribution is -0.129. The predicted molar refractivity (Wildman–Crippen MR) is 50.8 cm³/mol. The smallest absolute Gasteiger partial charge is 0.237 e. The van der Waals surface area contributed by atoms with Crippen molar-refractivity contribution in [1.82, 2.24) is 9.62 Å². The maximum absolute atomic E-state index is 11.3. The molecule has 0 heterocycles. The molecule has 1 amide bonds. The number of hydrogen-bond acceptors (Lipinski definition) is 3. The molecule has 0 aliphatic carbocycles. The summed E-state index contributed by atoms with van der Waals surface area (Å²) in [6, 6.07) is 0. The van der Waals surface area contributed by atoms with E-state index in [1.54, 1.807) is 4.90 Å². The topological polar surface area (TPSA) is 66.5 Å². The number of nitrogens with one attached hydrogen (secondary N) is 1. The van der Waals surface area contributed by atoms with Gasteiger partial charge in [0.2, 0.25) is 15.9 Å². The first-order chi connectivity index (χ1) is 5.90. The van der Waals surface area contributed by atoms with Gasteiger partial charge in [0.1, 0.15) is 0 Å². The molecule has 6 heteroatoms. The lowest BCUT2D eigenvalue weighted by Gasteiger charge is -2.18. The maximum Gasteiger partial charge on any atom is 0.237 e. The van der Waals surface area contributed by atoms with Crippen molar-refractivity contribution in [3.8, 4) is 0 Å². The van der Waals surface area contributed by atoms with Crippen LogP contribution in [0.3, 0.4) is 0 Å². The summed E-state index contributed by atoms with van der Waals surface area (Å²) in [4.78, 5) is 12.8. The molecule has 0 fully saturated rings. The normalized spacial score (nSPS) is 11.3. The largest absolute Gasteiger partial charge is 0.342 e. The third-order valence-corrected chi connectivity index (χ3v) is 2.27. The summed E-state index contributed by atoms with van der Waals surface area (Å²) in [6.45, 7) is 4.74. The first-order valence-electron chi connectivity index (χ1n) is 4.13. The van der Waals surface area contributed by atoms with Crippen LogP contribution >= 0.6 is 0 Å². The van der Waals surface area contributed by atoms with E-state index in [-0.39, 0.29) is 12.5 Å². The molecule has 0 radical (unpaired) electrons. The van der Waals surface area contributed by atoms with Gasteiger partial charge in [-0.25, -0.2) is 13.1 Å². The van der Waals surface area contributed by atoms with Crippen LogP contribution in [0.15, 0.2) is 0 Å². The SMILES string of the molecule is CCN(CC)C(=O)CNS(C)(=O)=O. The minimum absolute atomic E-state index is 0.152. The highest BCUT2D eigenvalue weighted by Gasteiger charge is 2.11. The Balaban J connectivity index is 4.01. The van der Waals surface area contributed by atoms with E-state index in [2.05, 4.69) is 4.72 Å². The maximum atomic E-state index is 11.3. The van der Waals surface area contributed by atoms with E-state index < -0.39 is 10.0 Å². The standard InChI is InChI=1S/C7H16N2O3S/c1-4-9(5-2)7(10)6-8-13(3,11)12/h8H,4-6H2,1-3H3. The van der Waals surface area contributed by atoms with E-state index in [1.807, 2.05) is 13.8 Å². The summed E-state index contributed by atoms with van der Waals surface area (Å²) in [5.74, 6) is -0.199. The molecular formula is C7H16N2O3S. The Bertz CT molecular complexity index is 257. The predicted octanol–water partition coefficient (Wildman–Crippen LogP) is -0.596. The second kappa shape index (κ2) is 5.18. The molecule has 5 nitrogen and oxygen atoms in total. The molecule has 0 unspecified atom stereocenters. The van der Waals surface area contributed by atoms with E-state index in [1.165, 1.54) is 0 Å². The molecule has 0 aliphatic rings. The molecule has 0 aromatic carbocycles. The monoisotopic (exact) mass is 208 g/mol. The van der Waals surface area contributed by atoms with Gasteiger partial charge in [0.15, 0.2) is 0 Å². The summed E-state index contributed by atoms with van der Waals surface area (Å²) in [7, 11) is -3.27. The molecule has 0 saturated carbocycles. The van der Waals surface area contributed by atoms with Crippen molar-refractivity contribution in [2.24, 2.45) is 0 Å². The van der Waals surface area contributed by atoms with Gasteiger partial charge in [-0.05, 0) is 13.8 Å². The molecule has 0 spiro atoms. The average Bonchev–Trinajstić information content (AvgIpc) is 2.02. The van der Waals surface area contributed by atoms with E-state index in [9.17, 15) is 13.2 Å². The van der Waals surface area contributed by atoms with Gasteiger partial charge in [0, 0.05) is 13.1 Å². The van der Waals surface area contributed by atoms with Gasteiger partial charge in [-0.1, -0.05) is 0 Å². The third kappa shape index (κ3) is 5.59. The molecule has 0 aromatic heterocycles. The molecule has 78 valence electrons. The zero-order valence-corrected chi connectivity index (χ0v) is 9.02. The molecule has 0 bridgehead atoms. The van der Waals surface area contributed by atoms with E-state index in [4.69, 9.17) is 0 Å². The van der Waals surface area contributed by atoms with E-state index >= 15 is 0 Å². The van der Waals surface area contributed by atoms with Gasteiger partial charge in [-0.15, -0.1) is 0 Å². The number of likely N-dealkylation sites (N-methyl/N-ethyl adjacent to an activating group) is 1. The number of rotatable bonds is 5. The molecule has 1 N–H and O–H groups in total. The van der Waals surface area contributed by atoms with Crippen molar-refractivity contribution in [2.45, 2.75) is 13.8 Å². The first-order valence-corrected chi connectivity index (χ1v) is 6.02. The van der Waals surface area contributed by atoms with Crippen molar-refractivity contribution < 1.29 is 13.2 Å². The highest BCUT2D eigenvalue weighted by atomic mass is 32.2. The van der Waals surface area contributed by atoms with Crippen LogP contribution in [0.4, 0.5) is 0 Å². The Labute approximate surface area is 79.2 Å². The van der Waals surface area contributed by atoms with Crippen molar-refractivity contribution in [3.05, 3.63) is 0 Å². The Morgan fingerprint density at radius 1 is 1.31 bits per heavy atom. The fourth-order valence-corrected chi connectivity index (χ4v) is 1.27. The van der Waals surface area contributed by atoms with Gasteiger partial charge in [0.05, 0.1) is 12.8 Å². The number of carbonyl (C=O) groups excluding carboxylic acids is 1. The molecule has 13 heavy (non-hydrogen) atoms. The van der Waals surface area contributed by atoms with Crippen LogP contribution in [0.25, 0.3) is 0 Å². The van der Waals surface area contributed by atoms with Crippen LogP contribution in [-0.2, 0) is 14.8 Å². The average molecular weight is 208 g/mol. The number of nitrogens with zero attached hydrogens (tertiary/aromatic N) is 1. The molecule has 0 aliphatic heterocycles. The summed E-state index contributed by atoms with van der Waals surface area (Å²) in [5.41, 5.74) is 0. The minimum Gasteiger partial charge on any atom is -0.342 e. The van der Waals surface area contributed by atoms with Crippen LogP contribution in [0, 0.1) is 0 Å². The lowest BCUT2D eigenvalue weighted by atomic mass is 10.4. The van der Waals surface area contributed by atoms with E-state index in [0.29, 0.717) is 13.1 Å². The molecule has 0 saturated heterocycles. The third-order valence-electron chi connectivity index (χ3n) is 1.60. The summed E-state index contributed by atoms with van der Waals surface area (Å²) in [6.07, 6.45) is 1.03. The zero-order chi connectivity index (χ0) is 10.5. The number of hydrogen-bond donors (Lipinski definition) is 1. The quantitative estimate of drug-likeness (QED) is 0.656. The van der Waals surface area contributed by atoms with Crippen molar-refractivity contribution in [2.75, 3.05) is 25.9 Å². The first kappa shape index (κ1) is 12.4. The minimum atomic E-state index is -3.27. The Morgan fingerprint density at radius 3 is 2.08 bits per heavy atom. The van der Waals surface area contributed by atoms with Gasteiger partial charge in [0.25, 0.3) is 0 Å². The lowest BCUT2D eigenvalue weighted by Crippen LogP contribution is -2.39. The number of carbonyl (C=O) groups is 1. The molecule has 0 aromatic rings. The van der Waals surface area contributed by atoms with Gasteiger partial charge in [-0.2, -0.15) is 0 Å². The summed E-state index contributed by atoms with van der Waals surface area (Å²) >= 11 is 0. The van der Waals surface area contributed by atoms with Gasteiger partial charge >= 0.3 is 0 Å². The highest BCUT2D eigenvalue weighted by molar-refractivity contribution is 7.88. The van der Waals surface area contributed by atoms with Crippen molar-refractivity contribution >= 4 is 15.9 Å². The summed E-state index contributed by atoms with van der Waals surface area (Å²) < 4.78 is 23.5. The Morgan fingerprint density at radius 2 is 1.77 bits per heavy atom. The van der Waals surface area contributed by atoms with Crippen LogP contribution < -0.4 is 4.72 Å². The Kier molecular flexibility index (Phi) is 4.94. The molecule has 0 rings (SSSR count). The summed E-state index contributed by atoms with van der Waals surface area (Å²) in [5, 5.41) is 0. The molecular weight excluding hydrogens is 192 g/mol. The second-order valence-corrected chi connectivity index (χ2v) is 4.49. The van der Waals surface area contributed by atoms with Crippen molar-refractivity contribution in [1.29, 1.82) is 0 Å². The van der Waals surface area contributed by atoms with Crippen molar-refractivity contribution in [3.63, 3.8) is 0 Å². The number of sulfonamides is 1.